The topological polar surface area (TPSA) is 75.6 Å². The zero-order valence-corrected chi connectivity index (χ0v) is 9.92. The third-order valence-electron chi connectivity index (χ3n) is 2.12. The fourth-order valence-corrected chi connectivity index (χ4v) is 1.35. The smallest absolute Gasteiger partial charge is 0.475 e. The van der Waals surface area contributed by atoms with E-state index in [1.165, 1.54) is 6.42 Å². The number of carboxylic acid groups (broad SMARTS) is 1. The van der Waals surface area contributed by atoms with Crippen molar-refractivity contribution < 1.29 is 32.6 Å². The lowest BCUT2D eigenvalue weighted by atomic mass is 10.2. The first kappa shape index (κ1) is 16.7. The molecule has 18 heavy (non-hydrogen) atoms. The number of hydrogen-bond acceptors (Lipinski definition) is 4. The molecule has 0 aromatic carbocycles. The Kier molecular flexibility index (Phi) is 7.33. The quantitative estimate of drug-likeness (QED) is 0.757. The average molecular weight is 271 g/mol. The molecule has 8 heteroatoms. The Labute approximate surface area is 102 Å². The predicted molar refractivity (Wildman–Crippen MR) is 56.0 cm³/mol. The highest BCUT2D eigenvalue weighted by Crippen LogP contribution is 2.13. The summed E-state index contributed by atoms with van der Waals surface area (Å²) in [7, 11) is 0. The number of esters is 1. The third-order valence-corrected chi connectivity index (χ3v) is 2.12. The van der Waals surface area contributed by atoms with Gasteiger partial charge in [-0.05, 0) is 26.3 Å². The SMILES string of the molecule is CCOC(=O)C[C@@H]1CCCN1.O=C(O)C(F)(F)F. The van der Waals surface area contributed by atoms with Crippen LogP contribution in [-0.4, -0.2) is 42.4 Å². The largest absolute Gasteiger partial charge is 0.490 e. The van der Waals surface area contributed by atoms with Gasteiger partial charge in [-0.2, -0.15) is 13.2 Å². The number of carboxylic acids is 1. The van der Waals surface area contributed by atoms with E-state index >= 15 is 0 Å². The van der Waals surface area contributed by atoms with Gasteiger partial charge in [0.2, 0.25) is 0 Å². The normalized spacial score (nSPS) is 18.8. The lowest BCUT2D eigenvalue weighted by Gasteiger charge is -2.07. The van der Waals surface area contributed by atoms with E-state index in [9.17, 15) is 18.0 Å². The van der Waals surface area contributed by atoms with Gasteiger partial charge in [0, 0.05) is 6.04 Å². The van der Waals surface area contributed by atoms with Crippen LogP contribution in [0.2, 0.25) is 0 Å². The first-order valence-corrected chi connectivity index (χ1v) is 5.46. The maximum Gasteiger partial charge on any atom is 0.490 e. The van der Waals surface area contributed by atoms with Gasteiger partial charge < -0.3 is 15.2 Å². The summed E-state index contributed by atoms with van der Waals surface area (Å²) >= 11 is 0. The summed E-state index contributed by atoms with van der Waals surface area (Å²) in [5, 5.41) is 10.4. The van der Waals surface area contributed by atoms with Gasteiger partial charge in [-0.1, -0.05) is 0 Å². The Morgan fingerprint density at radius 1 is 1.44 bits per heavy atom. The molecule has 0 amide bonds. The maximum atomic E-state index is 10.9. The Hall–Kier alpha value is -1.31. The fourth-order valence-electron chi connectivity index (χ4n) is 1.35. The van der Waals surface area contributed by atoms with Gasteiger partial charge in [-0.25, -0.2) is 4.79 Å². The highest BCUT2D eigenvalue weighted by atomic mass is 19.4. The van der Waals surface area contributed by atoms with Crippen LogP contribution in [0, 0.1) is 0 Å². The van der Waals surface area contributed by atoms with Crippen molar-refractivity contribution in [2.75, 3.05) is 13.2 Å². The van der Waals surface area contributed by atoms with E-state index in [2.05, 4.69) is 5.32 Å². The van der Waals surface area contributed by atoms with Crippen molar-refractivity contribution >= 4 is 11.9 Å². The Balaban J connectivity index is 0.000000360. The molecule has 5 nitrogen and oxygen atoms in total. The maximum absolute atomic E-state index is 10.9. The molecule has 1 fully saturated rings. The minimum absolute atomic E-state index is 0.0769. The summed E-state index contributed by atoms with van der Waals surface area (Å²) in [6, 6.07) is 0.369. The average Bonchev–Trinajstić information content (AvgIpc) is 2.70. The van der Waals surface area contributed by atoms with Crippen LogP contribution in [0.1, 0.15) is 26.2 Å². The van der Waals surface area contributed by atoms with Crippen molar-refractivity contribution in [1.29, 1.82) is 0 Å². The minimum atomic E-state index is -5.08. The molecule has 0 aromatic heterocycles. The highest BCUT2D eigenvalue weighted by Gasteiger charge is 2.38. The lowest BCUT2D eigenvalue weighted by molar-refractivity contribution is -0.192. The Bertz CT molecular complexity index is 275. The van der Waals surface area contributed by atoms with E-state index in [0.717, 1.165) is 13.0 Å². The number of hydrogen-bond donors (Lipinski definition) is 2. The molecule has 1 saturated heterocycles. The molecule has 0 saturated carbocycles. The summed E-state index contributed by atoms with van der Waals surface area (Å²) in [6.07, 6.45) is -2.25. The summed E-state index contributed by atoms with van der Waals surface area (Å²) in [4.78, 5) is 19.8. The molecule has 0 aromatic rings. The van der Waals surface area contributed by atoms with Crippen LogP contribution < -0.4 is 5.32 Å². The Morgan fingerprint density at radius 2 is 2.00 bits per heavy atom. The number of carbonyl (C=O) groups excluding carboxylic acids is 1. The van der Waals surface area contributed by atoms with Gasteiger partial charge in [0.15, 0.2) is 0 Å². The number of carbonyl (C=O) groups is 2. The van der Waals surface area contributed by atoms with Crippen molar-refractivity contribution in [3.05, 3.63) is 0 Å². The molecular formula is C10H16F3NO4. The third kappa shape index (κ3) is 7.88. The standard InChI is InChI=1S/C8H15NO2.C2HF3O2/c1-2-11-8(10)6-7-4-3-5-9-7;3-2(4,5)1(6)7/h7,9H,2-6H2,1H3;(H,6,7)/t7-;/m0./s1. The summed E-state index contributed by atoms with van der Waals surface area (Å²) in [6.45, 7) is 3.37. The highest BCUT2D eigenvalue weighted by molar-refractivity contribution is 5.73. The second-order valence-electron chi connectivity index (χ2n) is 3.61. The van der Waals surface area contributed by atoms with E-state index in [1.54, 1.807) is 0 Å². The molecule has 0 bridgehead atoms. The molecule has 1 aliphatic rings. The molecule has 0 aliphatic carbocycles. The molecular weight excluding hydrogens is 255 g/mol. The summed E-state index contributed by atoms with van der Waals surface area (Å²) in [5.74, 6) is -2.83. The van der Waals surface area contributed by atoms with E-state index in [4.69, 9.17) is 14.6 Å². The molecule has 1 rings (SSSR count). The van der Waals surface area contributed by atoms with Crippen LogP contribution in [0.5, 0.6) is 0 Å². The van der Waals surface area contributed by atoms with Crippen LogP contribution in [0.15, 0.2) is 0 Å². The molecule has 1 atom stereocenters. The minimum Gasteiger partial charge on any atom is -0.475 e. The van der Waals surface area contributed by atoms with E-state index in [-0.39, 0.29) is 5.97 Å². The number of aliphatic carboxylic acids is 1. The Morgan fingerprint density at radius 3 is 2.33 bits per heavy atom. The summed E-state index contributed by atoms with van der Waals surface area (Å²) in [5.41, 5.74) is 0. The second-order valence-corrected chi connectivity index (χ2v) is 3.61. The van der Waals surface area contributed by atoms with Crippen molar-refractivity contribution in [3.63, 3.8) is 0 Å². The predicted octanol–water partition coefficient (Wildman–Crippen LogP) is 1.32. The molecule has 106 valence electrons. The number of ether oxygens (including phenoxy) is 1. The number of alkyl halides is 3. The molecule has 1 aliphatic heterocycles. The van der Waals surface area contributed by atoms with E-state index < -0.39 is 12.1 Å². The second kappa shape index (κ2) is 7.91. The van der Waals surface area contributed by atoms with Gasteiger partial charge >= 0.3 is 18.1 Å². The molecule has 0 unspecified atom stereocenters. The van der Waals surface area contributed by atoms with Crippen LogP contribution >= 0.6 is 0 Å². The number of halogens is 3. The van der Waals surface area contributed by atoms with Crippen molar-refractivity contribution in [2.45, 2.75) is 38.4 Å². The van der Waals surface area contributed by atoms with E-state index in [0.29, 0.717) is 19.1 Å². The van der Waals surface area contributed by atoms with Crippen LogP contribution in [0.25, 0.3) is 0 Å². The first-order chi connectivity index (χ1) is 8.27. The van der Waals surface area contributed by atoms with Gasteiger partial charge in [0.1, 0.15) is 0 Å². The number of nitrogens with one attached hydrogen (secondary N) is 1. The number of rotatable bonds is 3. The van der Waals surface area contributed by atoms with Crippen LogP contribution in [0.3, 0.4) is 0 Å². The van der Waals surface area contributed by atoms with Crippen LogP contribution in [-0.2, 0) is 14.3 Å². The van der Waals surface area contributed by atoms with Crippen molar-refractivity contribution in [1.82, 2.24) is 5.32 Å². The molecule has 1 heterocycles. The summed E-state index contributed by atoms with van der Waals surface area (Å²) < 4.78 is 36.6. The fraction of sp³-hybridized carbons (Fsp3) is 0.800. The van der Waals surface area contributed by atoms with Gasteiger partial charge in [-0.15, -0.1) is 0 Å². The van der Waals surface area contributed by atoms with Gasteiger partial charge in [-0.3, -0.25) is 4.79 Å². The van der Waals surface area contributed by atoms with E-state index in [1.807, 2.05) is 6.92 Å². The lowest BCUT2D eigenvalue weighted by Crippen LogP contribution is -2.25. The zero-order valence-electron chi connectivity index (χ0n) is 9.92. The van der Waals surface area contributed by atoms with Crippen molar-refractivity contribution in [3.8, 4) is 0 Å². The molecule has 0 radical (unpaired) electrons. The van der Waals surface area contributed by atoms with Gasteiger partial charge in [0.25, 0.3) is 0 Å². The van der Waals surface area contributed by atoms with Crippen molar-refractivity contribution in [2.24, 2.45) is 0 Å². The monoisotopic (exact) mass is 271 g/mol. The first-order valence-electron chi connectivity index (χ1n) is 5.46. The molecule has 0 spiro atoms. The van der Waals surface area contributed by atoms with Crippen LogP contribution in [0.4, 0.5) is 13.2 Å². The molecule has 2 N–H and O–H groups in total. The van der Waals surface area contributed by atoms with Gasteiger partial charge in [0.05, 0.1) is 13.0 Å². The zero-order chi connectivity index (χ0) is 14.2.